The molecule has 7 nitrogen and oxygen atoms in total. The SMILES string of the molecule is COC(=O)C[C@H]1NC(=O)[C@H](Cc2ccc(O)cc2)NC1=O. The molecule has 0 aromatic heterocycles. The summed E-state index contributed by atoms with van der Waals surface area (Å²) in [6.07, 6.45) is 0.114. The molecule has 0 saturated carbocycles. The van der Waals surface area contributed by atoms with Crippen LogP contribution in [-0.4, -0.2) is 42.1 Å². The number of benzene rings is 1. The monoisotopic (exact) mass is 292 g/mol. The number of aromatic hydroxyl groups is 1. The van der Waals surface area contributed by atoms with E-state index in [1.807, 2.05) is 0 Å². The molecule has 7 heteroatoms. The van der Waals surface area contributed by atoms with Gasteiger partial charge in [0.15, 0.2) is 0 Å². The lowest BCUT2D eigenvalue weighted by molar-refractivity contribution is -0.145. The largest absolute Gasteiger partial charge is 0.508 e. The van der Waals surface area contributed by atoms with Crippen molar-refractivity contribution in [1.82, 2.24) is 10.6 Å². The number of rotatable bonds is 4. The van der Waals surface area contributed by atoms with Gasteiger partial charge in [-0.25, -0.2) is 0 Å². The van der Waals surface area contributed by atoms with E-state index in [2.05, 4.69) is 15.4 Å². The summed E-state index contributed by atoms with van der Waals surface area (Å²) < 4.78 is 4.48. The van der Waals surface area contributed by atoms with E-state index in [1.165, 1.54) is 19.2 Å². The van der Waals surface area contributed by atoms with Gasteiger partial charge in [-0.05, 0) is 17.7 Å². The van der Waals surface area contributed by atoms with Crippen molar-refractivity contribution in [1.29, 1.82) is 0 Å². The Bertz CT molecular complexity index is 555. The maximum absolute atomic E-state index is 12.0. The van der Waals surface area contributed by atoms with Gasteiger partial charge in [-0.1, -0.05) is 12.1 Å². The number of carbonyl (C=O) groups excluding carboxylic acids is 3. The van der Waals surface area contributed by atoms with Crippen molar-refractivity contribution in [3.63, 3.8) is 0 Å². The highest BCUT2D eigenvalue weighted by Gasteiger charge is 2.34. The molecule has 1 aliphatic rings. The second-order valence-corrected chi connectivity index (χ2v) is 4.77. The van der Waals surface area contributed by atoms with Crippen LogP contribution in [0.1, 0.15) is 12.0 Å². The first-order valence-corrected chi connectivity index (χ1v) is 6.45. The Hall–Kier alpha value is -2.57. The van der Waals surface area contributed by atoms with Crippen molar-refractivity contribution >= 4 is 17.8 Å². The quantitative estimate of drug-likeness (QED) is 0.648. The Balaban J connectivity index is 1.98. The standard InChI is InChI=1S/C14H16N2O5/c1-21-12(18)7-11-14(20)15-10(13(19)16-11)6-8-2-4-9(17)5-3-8/h2-5,10-11,17H,6-7H2,1H3,(H,15,20)(H,16,19)/t10-,11+/m0/s1. The van der Waals surface area contributed by atoms with Gasteiger partial charge in [-0.15, -0.1) is 0 Å². The van der Waals surface area contributed by atoms with Crippen molar-refractivity contribution < 1.29 is 24.2 Å². The summed E-state index contributed by atoms with van der Waals surface area (Å²) in [5.41, 5.74) is 0.805. The van der Waals surface area contributed by atoms with Crippen molar-refractivity contribution in [2.45, 2.75) is 24.9 Å². The number of nitrogens with one attached hydrogen (secondary N) is 2. The fourth-order valence-electron chi connectivity index (χ4n) is 2.08. The average Bonchev–Trinajstić information content (AvgIpc) is 2.46. The molecule has 2 rings (SSSR count). The first-order valence-electron chi connectivity index (χ1n) is 6.45. The molecule has 2 amide bonds. The predicted molar refractivity (Wildman–Crippen MR) is 72.3 cm³/mol. The molecule has 0 spiro atoms. The van der Waals surface area contributed by atoms with Crippen LogP contribution in [0.4, 0.5) is 0 Å². The second kappa shape index (κ2) is 6.25. The van der Waals surface area contributed by atoms with Gasteiger partial charge in [0.2, 0.25) is 11.8 Å². The zero-order chi connectivity index (χ0) is 15.4. The van der Waals surface area contributed by atoms with E-state index in [9.17, 15) is 19.5 Å². The molecule has 21 heavy (non-hydrogen) atoms. The topological polar surface area (TPSA) is 105 Å². The highest BCUT2D eigenvalue weighted by Crippen LogP contribution is 2.13. The molecule has 1 aliphatic heterocycles. The molecule has 0 unspecified atom stereocenters. The number of carbonyl (C=O) groups is 3. The fraction of sp³-hybridized carbons (Fsp3) is 0.357. The minimum atomic E-state index is -0.902. The van der Waals surface area contributed by atoms with Gasteiger partial charge < -0.3 is 20.5 Å². The highest BCUT2D eigenvalue weighted by molar-refractivity contribution is 5.98. The van der Waals surface area contributed by atoms with Crippen LogP contribution < -0.4 is 10.6 Å². The van der Waals surface area contributed by atoms with E-state index in [0.29, 0.717) is 6.42 Å². The molecule has 3 N–H and O–H groups in total. The normalized spacial score (nSPS) is 21.4. The fourth-order valence-corrected chi connectivity index (χ4v) is 2.08. The first-order chi connectivity index (χ1) is 9.99. The number of phenolic OH excluding ortho intramolecular Hbond substituents is 1. The molecule has 1 saturated heterocycles. The Kier molecular flexibility index (Phi) is 4.42. The highest BCUT2D eigenvalue weighted by atomic mass is 16.5. The average molecular weight is 292 g/mol. The molecule has 1 heterocycles. The van der Waals surface area contributed by atoms with Crippen molar-refractivity contribution in [3.05, 3.63) is 29.8 Å². The van der Waals surface area contributed by atoms with Crippen LogP contribution in [0.2, 0.25) is 0 Å². The molecule has 1 fully saturated rings. The van der Waals surface area contributed by atoms with Crippen LogP contribution in [0.15, 0.2) is 24.3 Å². The van der Waals surface area contributed by atoms with E-state index in [-0.39, 0.29) is 18.1 Å². The Labute approximate surface area is 121 Å². The molecule has 1 aromatic carbocycles. The molecular formula is C14H16N2O5. The maximum atomic E-state index is 12.0. The summed E-state index contributed by atoms with van der Waals surface area (Å²) in [5, 5.41) is 14.3. The minimum Gasteiger partial charge on any atom is -0.508 e. The summed E-state index contributed by atoms with van der Waals surface area (Å²) in [5.74, 6) is -1.19. The van der Waals surface area contributed by atoms with Crippen LogP contribution in [0.25, 0.3) is 0 Å². The van der Waals surface area contributed by atoms with E-state index in [4.69, 9.17) is 0 Å². The number of piperazine rings is 1. The van der Waals surface area contributed by atoms with Gasteiger partial charge in [0, 0.05) is 6.42 Å². The summed E-state index contributed by atoms with van der Waals surface area (Å²) >= 11 is 0. The minimum absolute atomic E-state index is 0.133. The number of phenols is 1. The molecule has 0 bridgehead atoms. The van der Waals surface area contributed by atoms with Crippen molar-refractivity contribution in [2.75, 3.05) is 7.11 Å². The molecule has 1 aromatic rings. The van der Waals surface area contributed by atoms with Gasteiger partial charge in [0.1, 0.15) is 17.8 Å². The maximum Gasteiger partial charge on any atom is 0.308 e. The molecule has 0 radical (unpaired) electrons. The third-order valence-corrected chi connectivity index (χ3v) is 3.24. The van der Waals surface area contributed by atoms with Gasteiger partial charge in [-0.2, -0.15) is 0 Å². The lowest BCUT2D eigenvalue weighted by Gasteiger charge is -2.29. The van der Waals surface area contributed by atoms with Gasteiger partial charge in [0.25, 0.3) is 0 Å². The number of amides is 2. The number of methoxy groups -OCH3 is 1. The van der Waals surface area contributed by atoms with E-state index < -0.39 is 24.0 Å². The molecular weight excluding hydrogens is 276 g/mol. The number of hydrogen-bond donors (Lipinski definition) is 3. The van der Waals surface area contributed by atoms with Gasteiger partial charge in [0.05, 0.1) is 13.5 Å². The zero-order valence-corrected chi connectivity index (χ0v) is 11.5. The van der Waals surface area contributed by atoms with E-state index in [1.54, 1.807) is 12.1 Å². The summed E-state index contributed by atoms with van der Waals surface area (Å²) in [4.78, 5) is 35.0. The van der Waals surface area contributed by atoms with Crippen LogP contribution >= 0.6 is 0 Å². The number of hydrogen-bond acceptors (Lipinski definition) is 5. The summed E-state index contributed by atoms with van der Waals surface area (Å²) in [7, 11) is 1.22. The summed E-state index contributed by atoms with van der Waals surface area (Å²) in [6.45, 7) is 0. The lowest BCUT2D eigenvalue weighted by atomic mass is 10.0. The summed E-state index contributed by atoms with van der Waals surface area (Å²) in [6, 6.07) is 4.78. The molecule has 0 aliphatic carbocycles. The lowest BCUT2D eigenvalue weighted by Crippen LogP contribution is -2.62. The van der Waals surface area contributed by atoms with Crippen LogP contribution in [0, 0.1) is 0 Å². The van der Waals surface area contributed by atoms with Crippen molar-refractivity contribution in [3.8, 4) is 5.75 Å². The first kappa shape index (κ1) is 14.8. The second-order valence-electron chi connectivity index (χ2n) is 4.77. The van der Waals surface area contributed by atoms with Crippen LogP contribution in [0.3, 0.4) is 0 Å². The molecule has 2 atom stereocenters. The Morgan fingerprint density at radius 1 is 1.14 bits per heavy atom. The van der Waals surface area contributed by atoms with E-state index >= 15 is 0 Å². The number of ether oxygens (including phenoxy) is 1. The van der Waals surface area contributed by atoms with Crippen molar-refractivity contribution in [2.24, 2.45) is 0 Å². The van der Waals surface area contributed by atoms with Gasteiger partial charge >= 0.3 is 5.97 Å². The number of esters is 1. The predicted octanol–water partition coefficient (Wildman–Crippen LogP) is -0.519. The third-order valence-electron chi connectivity index (χ3n) is 3.24. The van der Waals surface area contributed by atoms with Gasteiger partial charge in [-0.3, -0.25) is 14.4 Å². The Morgan fingerprint density at radius 3 is 2.33 bits per heavy atom. The van der Waals surface area contributed by atoms with Crippen LogP contribution in [-0.2, 0) is 25.5 Å². The Morgan fingerprint density at radius 2 is 1.71 bits per heavy atom. The van der Waals surface area contributed by atoms with Crippen LogP contribution in [0.5, 0.6) is 5.75 Å². The zero-order valence-electron chi connectivity index (χ0n) is 11.5. The smallest absolute Gasteiger partial charge is 0.308 e. The third kappa shape index (κ3) is 3.71. The van der Waals surface area contributed by atoms with E-state index in [0.717, 1.165) is 5.56 Å². The molecule has 112 valence electrons.